The number of aliphatic imine (C=N–C) groups is 2. The molecule has 2 heterocycles. The van der Waals surface area contributed by atoms with Crippen molar-refractivity contribution in [3.63, 3.8) is 0 Å². The first-order valence-corrected chi connectivity index (χ1v) is 8.79. The van der Waals surface area contributed by atoms with Crippen molar-refractivity contribution in [2.75, 3.05) is 26.2 Å². The maximum atomic E-state index is 8.89. The molecule has 0 atom stereocenters. The molecular weight excluding hydrogens is 407 g/mol. The summed E-state index contributed by atoms with van der Waals surface area (Å²) in [5.74, 6) is -2.17. The molecule has 0 spiro atoms. The van der Waals surface area contributed by atoms with Crippen molar-refractivity contribution in [3.8, 4) is 0 Å². The van der Waals surface area contributed by atoms with Gasteiger partial charge in [-0.05, 0) is 65.8 Å². The van der Waals surface area contributed by atoms with Crippen LogP contribution in [0.15, 0.2) is 28.2 Å². The molecule has 1 aliphatic heterocycles. The number of aromatic nitrogens is 1. The largest absolute Gasteiger partial charge is 2.00 e. The van der Waals surface area contributed by atoms with Crippen molar-refractivity contribution >= 4 is 23.4 Å². The second-order valence-electron chi connectivity index (χ2n) is 5.78. The van der Waals surface area contributed by atoms with E-state index < -0.39 is 11.9 Å². The first-order chi connectivity index (χ1) is 12.7. The number of carboxylic acids is 2. The number of rotatable bonds is 0. The fourth-order valence-electron chi connectivity index (χ4n) is 2.03. The Hall–Kier alpha value is -2.10. The number of nitrogens with zero attached hydrogens (tertiary/aromatic N) is 3. The summed E-state index contributed by atoms with van der Waals surface area (Å²) in [6.45, 7) is 9.76. The van der Waals surface area contributed by atoms with Crippen LogP contribution in [0.25, 0.3) is 0 Å². The van der Waals surface area contributed by atoms with E-state index >= 15 is 0 Å². The van der Waals surface area contributed by atoms with Crippen LogP contribution in [0.4, 0.5) is 0 Å². The number of nitrogens with one attached hydrogen (secondary N) is 1. The zero-order chi connectivity index (χ0) is 20.7. The van der Waals surface area contributed by atoms with Crippen molar-refractivity contribution in [1.29, 1.82) is 0 Å². The number of aliphatic carboxylic acids is 2. The van der Waals surface area contributed by atoms with Gasteiger partial charge in [0.15, 0.2) is 0 Å². The van der Waals surface area contributed by atoms with Gasteiger partial charge in [0.05, 0.1) is 22.8 Å². The predicted molar refractivity (Wildman–Crippen MR) is 102 cm³/mol. The van der Waals surface area contributed by atoms with Gasteiger partial charge in [0.2, 0.25) is 0 Å². The summed E-state index contributed by atoms with van der Waals surface area (Å²) >= 11 is 0. The van der Waals surface area contributed by atoms with Gasteiger partial charge in [-0.2, -0.15) is 0 Å². The smallest absolute Gasteiger partial charge is 0.550 e. The average Bonchev–Trinajstić information content (AvgIpc) is 2.58. The van der Waals surface area contributed by atoms with Crippen molar-refractivity contribution in [2.45, 2.75) is 40.5 Å². The number of fused-ring (bicyclic) bond motifs is 2. The van der Waals surface area contributed by atoms with Crippen molar-refractivity contribution in [3.05, 3.63) is 29.6 Å². The van der Waals surface area contributed by atoms with Crippen LogP contribution in [0.5, 0.6) is 0 Å². The molecule has 1 N–H and O–H groups in total. The Bertz CT molecular complexity index is 604. The Morgan fingerprint density at radius 2 is 1.25 bits per heavy atom. The van der Waals surface area contributed by atoms with E-state index in [0.717, 1.165) is 75.7 Å². The van der Waals surface area contributed by atoms with Crippen molar-refractivity contribution in [2.24, 2.45) is 9.98 Å². The first kappa shape index (κ1) is 28.1. The van der Waals surface area contributed by atoms with Crippen LogP contribution in [0.1, 0.15) is 51.9 Å². The Labute approximate surface area is 176 Å². The number of carboxylic acid groups (broad SMARTS) is 2. The Morgan fingerprint density at radius 3 is 1.61 bits per heavy atom. The van der Waals surface area contributed by atoms with Gasteiger partial charge in [0.1, 0.15) is 0 Å². The molecule has 2 rings (SSSR count). The number of carbonyl (C=O) groups is 2. The predicted octanol–water partition coefficient (Wildman–Crippen LogP) is -0.407. The molecule has 0 saturated carbocycles. The van der Waals surface area contributed by atoms with Gasteiger partial charge in [0.25, 0.3) is 0 Å². The van der Waals surface area contributed by atoms with E-state index in [9.17, 15) is 0 Å². The molecule has 1 aromatic heterocycles. The normalized spacial score (nSPS) is 14.1. The van der Waals surface area contributed by atoms with E-state index in [1.165, 1.54) is 0 Å². The fourth-order valence-corrected chi connectivity index (χ4v) is 2.03. The Morgan fingerprint density at radius 1 is 0.893 bits per heavy atom. The van der Waals surface area contributed by atoms with E-state index in [1.807, 2.05) is 32.0 Å². The molecule has 157 valence electrons. The van der Waals surface area contributed by atoms with E-state index in [2.05, 4.69) is 20.3 Å². The number of carbonyl (C=O) groups excluding carboxylic acids is 2. The quantitative estimate of drug-likeness (QED) is 0.590. The molecule has 0 aliphatic carbocycles. The van der Waals surface area contributed by atoms with E-state index in [-0.39, 0.29) is 16.8 Å². The summed E-state index contributed by atoms with van der Waals surface area (Å²) in [4.78, 5) is 31.6. The Balaban J connectivity index is 0. The maximum Gasteiger partial charge on any atom is 2.00 e. The molecule has 0 fully saturated rings. The molecule has 1 aromatic rings. The molecule has 28 heavy (non-hydrogen) atoms. The first-order valence-electron chi connectivity index (χ1n) is 8.79. The van der Waals surface area contributed by atoms with Crippen LogP contribution in [0, 0.1) is 0 Å². The molecule has 0 saturated heterocycles. The zero-order valence-electron chi connectivity index (χ0n) is 16.8. The monoisotopic (exact) mass is 435 g/mol. The summed E-state index contributed by atoms with van der Waals surface area (Å²) in [5, 5.41) is 21.2. The fraction of sp³-hybridized carbons (Fsp3) is 0.526. The summed E-state index contributed by atoms with van der Waals surface area (Å²) < 4.78 is 0. The second kappa shape index (κ2) is 17.0. The molecular formula is C19H28CoN4O4. The third-order valence-electron chi connectivity index (χ3n) is 3.21. The molecule has 0 aromatic carbocycles. The number of hydrogen-bond acceptors (Lipinski definition) is 8. The molecule has 1 radical (unpaired) electrons. The van der Waals surface area contributed by atoms with Gasteiger partial charge in [-0.15, -0.1) is 0 Å². The van der Waals surface area contributed by atoms with E-state index in [1.54, 1.807) is 0 Å². The minimum Gasteiger partial charge on any atom is -0.550 e. The minimum atomic E-state index is -1.08. The molecule has 8 nitrogen and oxygen atoms in total. The van der Waals surface area contributed by atoms with Crippen LogP contribution in [0.3, 0.4) is 0 Å². The SMILES string of the molecule is CC(=O)[O-].CC(=O)[O-].CC1=NCCCNCCCN=C(C)c2cccc1n2.[Co+2]. The molecule has 2 bridgehead atoms. The zero-order valence-corrected chi connectivity index (χ0v) is 17.8. The third kappa shape index (κ3) is 16.1. The molecule has 9 heteroatoms. The van der Waals surface area contributed by atoms with Crippen LogP contribution in [-0.4, -0.2) is 54.5 Å². The van der Waals surface area contributed by atoms with Crippen molar-refractivity contribution in [1.82, 2.24) is 10.3 Å². The number of pyridine rings is 1. The van der Waals surface area contributed by atoms with Gasteiger partial charge >= 0.3 is 16.8 Å². The average molecular weight is 435 g/mol. The maximum absolute atomic E-state index is 8.89. The standard InChI is InChI=1S/C15H22N4.2C2H4O2.Co/c1-12-14-6-3-7-15(19-14)13(2)18-11-5-9-16-8-4-10-17-12;2*1-2(3)4;/h3,6-7,16H,4-5,8-11H2,1-2H3;2*1H3,(H,3,4);/q;;;+2/p-2. The van der Waals surface area contributed by atoms with Crippen LogP contribution >= 0.6 is 0 Å². The molecule has 0 amide bonds. The van der Waals surface area contributed by atoms with E-state index in [0.29, 0.717) is 0 Å². The summed E-state index contributed by atoms with van der Waals surface area (Å²) in [5.41, 5.74) is 3.92. The van der Waals surface area contributed by atoms with E-state index in [4.69, 9.17) is 19.8 Å². The summed E-state index contributed by atoms with van der Waals surface area (Å²) in [6, 6.07) is 6.06. The van der Waals surface area contributed by atoms with Crippen LogP contribution in [-0.2, 0) is 26.4 Å². The minimum absolute atomic E-state index is 0. The topological polar surface area (TPSA) is 130 Å². The summed E-state index contributed by atoms with van der Waals surface area (Å²) in [6.07, 6.45) is 2.14. The van der Waals surface area contributed by atoms with Crippen LogP contribution in [0.2, 0.25) is 0 Å². The van der Waals surface area contributed by atoms with Crippen LogP contribution < -0.4 is 15.5 Å². The van der Waals surface area contributed by atoms with Crippen molar-refractivity contribution < 1.29 is 36.6 Å². The van der Waals surface area contributed by atoms with Gasteiger partial charge in [-0.25, -0.2) is 4.98 Å². The van der Waals surface area contributed by atoms with Gasteiger partial charge in [-0.1, -0.05) is 6.07 Å². The molecule has 1 aliphatic rings. The molecule has 0 unspecified atom stereocenters. The second-order valence-corrected chi connectivity index (χ2v) is 5.78. The third-order valence-corrected chi connectivity index (χ3v) is 3.21. The van der Waals surface area contributed by atoms with Gasteiger partial charge < -0.3 is 25.1 Å². The Kier molecular flexibility index (Phi) is 17.1. The van der Waals surface area contributed by atoms with Gasteiger partial charge in [-0.3, -0.25) is 9.98 Å². The van der Waals surface area contributed by atoms with Gasteiger partial charge in [0, 0.05) is 25.0 Å². The number of hydrogen-bond donors (Lipinski definition) is 1. The summed E-state index contributed by atoms with van der Waals surface area (Å²) in [7, 11) is 0.